The Bertz CT molecular complexity index is 356. The third-order valence-corrected chi connectivity index (χ3v) is 3.22. The molecule has 0 radical (unpaired) electrons. The minimum Gasteiger partial charge on any atom is -0.381 e. The maximum atomic E-state index is 12.0. The van der Waals surface area contributed by atoms with Gasteiger partial charge in [-0.1, -0.05) is 6.92 Å². The van der Waals surface area contributed by atoms with Gasteiger partial charge >= 0.3 is 15.6 Å². The van der Waals surface area contributed by atoms with E-state index in [9.17, 15) is 21.6 Å². The fraction of sp³-hybridized carbons (Fsp3) is 0.750. The fourth-order valence-electron chi connectivity index (χ4n) is 1.42. The first-order chi connectivity index (χ1) is 6.78. The van der Waals surface area contributed by atoms with Gasteiger partial charge in [-0.2, -0.15) is 21.6 Å². The van der Waals surface area contributed by atoms with Crippen LogP contribution in [0.5, 0.6) is 0 Å². The maximum Gasteiger partial charge on any atom is 0.534 e. The van der Waals surface area contributed by atoms with Gasteiger partial charge in [0, 0.05) is 5.92 Å². The van der Waals surface area contributed by atoms with Crippen LogP contribution in [0.1, 0.15) is 26.2 Å². The molecule has 1 atom stereocenters. The summed E-state index contributed by atoms with van der Waals surface area (Å²) >= 11 is 0. The van der Waals surface area contributed by atoms with Crippen molar-refractivity contribution in [1.29, 1.82) is 0 Å². The zero-order valence-corrected chi connectivity index (χ0v) is 8.86. The Kier molecular flexibility index (Phi) is 3.32. The monoisotopic (exact) mass is 244 g/mol. The van der Waals surface area contributed by atoms with E-state index in [0.717, 1.165) is 0 Å². The molecule has 0 bridgehead atoms. The van der Waals surface area contributed by atoms with Crippen LogP contribution in [-0.4, -0.2) is 13.9 Å². The molecule has 1 rings (SSSR count). The van der Waals surface area contributed by atoms with E-state index in [0.29, 0.717) is 19.3 Å². The molecule has 1 aliphatic rings. The molecule has 88 valence electrons. The molecule has 0 spiro atoms. The number of rotatable bonds is 3. The van der Waals surface area contributed by atoms with Crippen LogP contribution in [0.2, 0.25) is 0 Å². The maximum absolute atomic E-state index is 12.0. The third-order valence-electron chi connectivity index (χ3n) is 2.25. The topological polar surface area (TPSA) is 43.4 Å². The van der Waals surface area contributed by atoms with Crippen molar-refractivity contribution in [1.82, 2.24) is 0 Å². The molecule has 0 aromatic carbocycles. The van der Waals surface area contributed by atoms with Crippen LogP contribution in [0.15, 0.2) is 11.8 Å². The Balaban J connectivity index is 2.79. The Hall–Kier alpha value is -0.720. The van der Waals surface area contributed by atoms with E-state index in [4.69, 9.17) is 0 Å². The van der Waals surface area contributed by atoms with E-state index in [1.54, 1.807) is 6.92 Å². The second-order valence-corrected chi connectivity index (χ2v) is 4.81. The Morgan fingerprint density at radius 1 is 1.53 bits per heavy atom. The molecule has 0 N–H and O–H groups in total. The molecular weight excluding hydrogens is 233 g/mol. The first-order valence-corrected chi connectivity index (χ1v) is 5.89. The number of hydrogen-bond donors (Lipinski definition) is 0. The van der Waals surface area contributed by atoms with E-state index in [1.807, 2.05) is 0 Å². The van der Waals surface area contributed by atoms with E-state index >= 15 is 0 Å². The van der Waals surface area contributed by atoms with Crippen molar-refractivity contribution in [2.45, 2.75) is 31.7 Å². The van der Waals surface area contributed by atoms with Crippen LogP contribution in [0.25, 0.3) is 0 Å². The van der Waals surface area contributed by atoms with E-state index in [1.165, 1.54) is 6.08 Å². The lowest BCUT2D eigenvalue weighted by atomic mass is 10.1. The van der Waals surface area contributed by atoms with Gasteiger partial charge in [-0.25, -0.2) is 0 Å². The predicted octanol–water partition coefficient (Wildman–Crippen LogP) is 2.56. The number of hydrogen-bond acceptors (Lipinski definition) is 3. The molecule has 0 saturated heterocycles. The highest BCUT2D eigenvalue weighted by Crippen LogP contribution is 2.34. The smallest absolute Gasteiger partial charge is 0.381 e. The predicted molar refractivity (Wildman–Crippen MR) is 47.2 cm³/mol. The normalized spacial score (nSPS) is 22.7. The van der Waals surface area contributed by atoms with Gasteiger partial charge in [0.15, 0.2) is 0 Å². The van der Waals surface area contributed by atoms with Crippen LogP contribution in [0.3, 0.4) is 0 Å². The van der Waals surface area contributed by atoms with Crippen molar-refractivity contribution in [3.63, 3.8) is 0 Å². The van der Waals surface area contributed by atoms with Gasteiger partial charge in [-0.3, -0.25) is 0 Å². The van der Waals surface area contributed by atoms with Gasteiger partial charge in [0.05, 0.1) is 0 Å². The minimum atomic E-state index is -5.49. The number of alkyl halides is 3. The van der Waals surface area contributed by atoms with Crippen LogP contribution >= 0.6 is 0 Å². The van der Waals surface area contributed by atoms with Crippen LogP contribution in [0, 0.1) is 5.92 Å². The lowest BCUT2D eigenvalue weighted by Crippen LogP contribution is -2.26. The molecule has 0 amide bonds. The summed E-state index contributed by atoms with van der Waals surface area (Å²) in [7, 11) is -5.49. The molecule has 7 heteroatoms. The Morgan fingerprint density at radius 3 is 2.60 bits per heavy atom. The zero-order valence-electron chi connectivity index (χ0n) is 8.04. The third kappa shape index (κ3) is 2.64. The zero-order chi connectivity index (χ0) is 11.7. The Labute approximate surface area is 86.0 Å². The summed E-state index contributed by atoms with van der Waals surface area (Å²) in [6, 6.07) is 0. The minimum absolute atomic E-state index is 0.0742. The molecule has 1 aliphatic carbocycles. The highest BCUT2D eigenvalue weighted by molar-refractivity contribution is 7.87. The summed E-state index contributed by atoms with van der Waals surface area (Å²) in [5.74, 6) is -0.294. The van der Waals surface area contributed by atoms with E-state index in [-0.39, 0.29) is 11.7 Å². The summed E-state index contributed by atoms with van der Waals surface area (Å²) in [5, 5.41) is 0. The van der Waals surface area contributed by atoms with Crippen molar-refractivity contribution in [2.75, 3.05) is 0 Å². The van der Waals surface area contributed by atoms with Crippen molar-refractivity contribution in [3.05, 3.63) is 11.8 Å². The van der Waals surface area contributed by atoms with Crippen molar-refractivity contribution in [2.24, 2.45) is 5.92 Å². The number of allylic oxidation sites excluding steroid dienone is 2. The molecular formula is C8H11F3O3S. The largest absolute Gasteiger partial charge is 0.534 e. The fourth-order valence-corrected chi connectivity index (χ4v) is 1.97. The summed E-state index contributed by atoms with van der Waals surface area (Å²) in [6.07, 6.45) is 3.16. The van der Waals surface area contributed by atoms with E-state index in [2.05, 4.69) is 4.18 Å². The summed E-state index contributed by atoms with van der Waals surface area (Å²) < 4.78 is 61.4. The Morgan fingerprint density at radius 2 is 2.13 bits per heavy atom. The molecule has 0 aliphatic heterocycles. The molecule has 15 heavy (non-hydrogen) atoms. The summed E-state index contributed by atoms with van der Waals surface area (Å²) in [6.45, 7) is 1.77. The van der Waals surface area contributed by atoms with Gasteiger partial charge in [-0.15, -0.1) is 0 Å². The lowest BCUT2D eigenvalue weighted by Gasteiger charge is -2.14. The average molecular weight is 244 g/mol. The SMILES string of the molecule is CCC1CCC=C1OS(=O)(=O)C(F)(F)F. The van der Waals surface area contributed by atoms with Crippen LogP contribution in [0.4, 0.5) is 13.2 Å². The standard InChI is InChI=1S/C8H11F3O3S/c1-2-6-4-3-5-7(6)14-15(12,13)8(9,10)11/h5-6H,2-4H2,1H3. The second kappa shape index (κ2) is 4.03. The van der Waals surface area contributed by atoms with Gasteiger partial charge < -0.3 is 4.18 Å². The summed E-state index contributed by atoms with van der Waals surface area (Å²) in [5.41, 5.74) is -5.35. The quantitative estimate of drug-likeness (QED) is 0.566. The van der Waals surface area contributed by atoms with Gasteiger partial charge in [0.2, 0.25) is 0 Å². The van der Waals surface area contributed by atoms with Gasteiger partial charge in [-0.05, 0) is 25.3 Å². The van der Waals surface area contributed by atoms with Crippen LogP contribution in [-0.2, 0) is 14.3 Å². The summed E-state index contributed by atoms with van der Waals surface area (Å²) in [4.78, 5) is 0. The van der Waals surface area contributed by atoms with Crippen LogP contribution < -0.4 is 0 Å². The average Bonchev–Trinajstić information content (AvgIpc) is 2.48. The van der Waals surface area contributed by atoms with Crippen molar-refractivity contribution in [3.8, 4) is 0 Å². The first-order valence-electron chi connectivity index (χ1n) is 4.48. The van der Waals surface area contributed by atoms with Crippen molar-refractivity contribution < 1.29 is 25.8 Å². The molecule has 0 saturated carbocycles. The highest BCUT2D eigenvalue weighted by Gasteiger charge is 2.49. The van der Waals surface area contributed by atoms with E-state index < -0.39 is 15.6 Å². The molecule has 3 nitrogen and oxygen atoms in total. The van der Waals surface area contributed by atoms with Gasteiger partial charge in [0.1, 0.15) is 5.76 Å². The lowest BCUT2D eigenvalue weighted by molar-refractivity contribution is -0.0526. The molecule has 0 aromatic heterocycles. The molecule has 0 heterocycles. The highest BCUT2D eigenvalue weighted by atomic mass is 32.2. The van der Waals surface area contributed by atoms with Gasteiger partial charge in [0.25, 0.3) is 0 Å². The molecule has 0 aromatic rings. The molecule has 0 fully saturated rings. The molecule has 1 unspecified atom stereocenters. The second-order valence-electron chi connectivity index (χ2n) is 3.27. The number of halogens is 3. The van der Waals surface area contributed by atoms with Crippen molar-refractivity contribution >= 4 is 10.1 Å². The first kappa shape index (κ1) is 12.4.